The Morgan fingerprint density at radius 2 is 1.75 bits per heavy atom. The van der Waals surface area contributed by atoms with Gasteiger partial charge in [-0.25, -0.2) is 0 Å². The second kappa shape index (κ2) is 11.8. The maximum Gasteiger partial charge on any atom is 0.416 e. The van der Waals surface area contributed by atoms with E-state index in [1.165, 1.54) is 4.90 Å². The van der Waals surface area contributed by atoms with E-state index in [0.717, 1.165) is 41.1 Å². The molecule has 206 valence electrons. The van der Waals surface area contributed by atoms with Crippen LogP contribution in [0.5, 0.6) is 0 Å². The van der Waals surface area contributed by atoms with Crippen molar-refractivity contribution < 1.29 is 22.8 Å². The second-order valence-electron chi connectivity index (χ2n) is 9.65. The maximum absolute atomic E-state index is 13.7. The first-order chi connectivity index (χ1) is 18.9. The van der Waals surface area contributed by atoms with Crippen molar-refractivity contribution in [3.05, 3.63) is 105 Å². The lowest BCUT2D eigenvalue weighted by atomic mass is 10.0. The largest absolute Gasteiger partial charge is 0.416 e. The van der Waals surface area contributed by atoms with Crippen molar-refractivity contribution in [2.75, 3.05) is 10.2 Å². The monoisotopic (exact) mass is 583 g/mol. The number of aryl methyl sites for hydroxylation is 1. The number of alkyl halides is 3. The molecule has 3 aromatic rings. The molecular weight excluding hydrogens is 559 g/mol. The molecule has 1 aliphatic heterocycles. The van der Waals surface area contributed by atoms with Crippen molar-refractivity contribution in [2.24, 2.45) is 0 Å². The van der Waals surface area contributed by atoms with Crippen molar-refractivity contribution >= 4 is 46.6 Å². The molecule has 1 heterocycles. The summed E-state index contributed by atoms with van der Waals surface area (Å²) < 4.78 is 40.1. The minimum absolute atomic E-state index is 0.0873. The molecule has 1 N–H and O–H groups in total. The third kappa shape index (κ3) is 6.35. The van der Waals surface area contributed by atoms with Gasteiger partial charge in [0.25, 0.3) is 5.91 Å². The molecule has 5 nitrogen and oxygen atoms in total. The molecule has 3 aromatic carbocycles. The average Bonchev–Trinajstić information content (AvgIpc) is 3.21. The van der Waals surface area contributed by atoms with Gasteiger partial charge in [0.2, 0.25) is 5.91 Å². The Labute approximate surface area is 239 Å². The number of anilines is 2. The molecular formula is C30H25ClF3N3O2S. The normalized spacial score (nSPS) is 16.7. The first-order valence-electron chi connectivity index (χ1n) is 12.4. The lowest BCUT2D eigenvalue weighted by molar-refractivity contribution is -0.137. The van der Waals surface area contributed by atoms with Gasteiger partial charge in [0.1, 0.15) is 16.7 Å². The zero-order chi connectivity index (χ0) is 29.2. The molecule has 40 heavy (non-hydrogen) atoms. The maximum atomic E-state index is 13.7. The van der Waals surface area contributed by atoms with Crippen molar-refractivity contribution in [1.29, 1.82) is 5.26 Å². The molecule has 0 saturated carbocycles. The first-order valence-corrected chi connectivity index (χ1v) is 13.6. The van der Waals surface area contributed by atoms with E-state index >= 15 is 0 Å². The van der Waals surface area contributed by atoms with Gasteiger partial charge in [-0.15, -0.1) is 0 Å². The Hall–Kier alpha value is -3.74. The van der Waals surface area contributed by atoms with E-state index in [1.807, 2.05) is 39.0 Å². The van der Waals surface area contributed by atoms with Crippen LogP contribution in [0.1, 0.15) is 42.0 Å². The molecule has 1 fully saturated rings. The topological polar surface area (TPSA) is 73.2 Å². The smallest absolute Gasteiger partial charge is 0.321 e. The molecule has 0 radical (unpaired) electrons. The zero-order valence-corrected chi connectivity index (χ0v) is 23.4. The minimum atomic E-state index is -4.58. The Balaban J connectivity index is 1.75. The molecule has 4 rings (SSSR count). The molecule has 0 spiro atoms. The highest BCUT2D eigenvalue weighted by Crippen LogP contribution is 2.43. The van der Waals surface area contributed by atoms with Gasteiger partial charge in [-0.3, -0.25) is 14.5 Å². The highest BCUT2D eigenvalue weighted by atomic mass is 35.5. The number of nitrogens with zero attached hydrogens (tertiary/aromatic N) is 2. The van der Waals surface area contributed by atoms with E-state index in [1.54, 1.807) is 36.4 Å². The lowest BCUT2D eigenvalue weighted by Gasteiger charge is -2.19. The van der Waals surface area contributed by atoms with Gasteiger partial charge in [-0.2, -0.15) is 18.4 Å². The van der Waals surface area contributed by atoms with Crippen molar-refractivity contribution in [3.8, 4) is 6.07 Å². The molecule has 0 bridgehead atoms. The van der Waals surface area contributed by atoms with Gasteiger partial charge >= 0.3 is 6.18 Å². The van der Waals surface area contributed by atoms with Crippen LogP contribution in [0.4, 0.5) is 24.5 Å². The summed E-state index contributed by atoms with van der Waals surface area (Å²) in [5, 5.41) is 12.0. The van der Waals surface area contributed by atoms with Crippen LogP contribution in [0.15, 0.2) is 77.3 Å². The summed E-state index contributed by atoms with van der Waals surface area (Å²) in [4.78, 5) is 28.2. The number of hydrogen-bond donors (Lipinski definition) is 1. The van der Waals surface area contributed by atoms with Gasteiger partial charge in [-0.1, -0.05) is 67.0 Å². The van der Waals surface area contributed by atoms with Crippen molar-refractivity contribution in [3.63, 3.8) is 0 Å². The number of nitriles is 1. The van der Waals surface area contributed by atoms with Gasteiger partial charge < -0.3 is 5.32 Å². The predicted molar refractivity (Wildman–Crippen MR) is 152 cm³/mol. The summed E-state index contributed by atoms with van der Waals surface area (Å²) in [6, 6.07) is 19.0. The highest BCUT2D eigenvalue weighted by molar-refractivity contribution is 8.05. The average molecular weight is 584 g/mol. The van der Waals surface area contributed by atoms with E-state index in [9.17, 15) is 28.0 Å². The minimum Gasteiger partial charge on any atom is -0.321 e. The lowest BCUT2D eigenvalue weighted by Crippen LogP contribution is -2.31. The molecule has 2 amide bonds. The highest BCUT2D eigenvalue weighted by Gasteiger charge is 2.41. The van der Waals surface area contributed by atoms with Gasteiger partial charge in [0, 0.05) is 16.4 Å². The number of thioether (sulfide) groups is 1. The van der Waals surface area contributed by atoms with E-state index < -0.39 is 28.8 Å². The van der Waals surface area contributed by atoms with E-state index in [-0.39, 0.29) is 33.5 Å². The van der Waals surface area contributed by atoms with Crippen LogP contribution in [-0.4, -0.2) is 17.1 Å². The summed E-state index contributed by atoms with van der Waals surface area (Å²) in [6.45, 7) is 5.94. The SMILES string of the molecule is Cc1ccc(NC(=O)/C(C#N)=C2\SC(Cc3cc(C(F)(F)F)ccc3Cl)C(=O)N2c2ccc(C(C)C)cc2)cc1. The molecule has 1 atom stereocenters. The van der Waals surface area contributed by atoms with Crippen molar-refractivity contribution in [1.82, 2.24) is 0 Å². The molecule has 1 aliphatic rings. The summed E-state index contributed by atoms with van der Waals surface area (Å²) in [5.74, 6) is -0.941. The third-order valence-electron chi connectivity index (χ3n) is 6.41. The van der Waals surface area contributed by atoms with E-state index in [0.29, 0.717) is 11.4 Å². The van der Waals surface area contributed by atoms with Crippen LogP contribution < -0.4 is 10.2 Å². The number of amides is 2. The zero-order valence-electron chi connectivity index (χ0n) is 21.8. The summed E-state index contributed by atoms with van der Waals surface area (Å²) in [7, 11) is 0. The van der Waals surface area contributed by atoms with Gasteiger partial charge in [-0.05, 0) is 72.9 Å². The fraction of sp³-hybridized carbons (Fsp3) is 0.233. The molecule has 1 saturated heterocycles. The van der Waals surface area contributed by atoms with Crippen LogP contribution in [-0.2, 0) is 22.2 Å². The number of carbonyl (C=O) groups excluding carboxylic acids is 2. The van der Waals surface area contributed by atoms with Crippen LogP contribution in [0.2, 0.25) is 5.02 Å². The number of nitrogens with one attached hydrogen (secondary N) is 1. The van der Waals surface area contributed by atoms with Crippen LogP contribution >= 0.6 is 23.4 Å². The van der Waals surface area contributed by atoms with Crippen molar-refractivity contribution in [2.45, 2.75) is 44.5 Å². The Bertz CT molecular complexity index is 1510. The molecule has 1 unspecified atom stereocenters. The summed E-state index contributed by atoms with van der Waals surface area (Å²) in [6.07, 6.45) is -4.71. The third-order valence-corrected chi connectivity index (χ3v) is 8.04. The number of benzene rings is 3. The Morgan fingerprint density at radius 3 is 2.33 bits per heavy atom. The first kappa shape index (κ1) is 29.2. The van der Waals surface area contributed by atoms with E-state index in [2.05, 4.69) is 5.32 Å². The fourth-order valence-electron chi connectivity index (χ4n) is 4.17. The quantitative estimate of drug-likeness (QED) is 0.237. The fourth-order valence-corrected chi connectivity index (χ4v) is 5.66. The molecule has 0 aromatic heterocycles. The standard InChI is InChI=1S/C30H25ClF3N3O2S/c1-17(2)19-6-11-23(12-7-19)37-28(39)26(15-20-14-21(30(32,33)34)8-13-25(20)31)40-29(37)24(16-35)27(38)36-22-9-4-18(3)5-10-22/h4-14,17,26H,15H2,1-3H3,(H,36,38)/b29-24-. The number of rotatable bonds is 6. The Morgan fingerprint density at radius 1 is 1.10 bits per heavy atom. The number of hydrogen-bond acceptors (Lipinski definition) is 4. The predicted octanol–water partition coefficient (Wildman–Crippen LogP) is 7.86. The Kier molecular flexibility index (Phi) is 8.62. The van der Waals surface area contributed by atoms with Gasteiger partial charge in [0.15, 0.2) is 0 Å². The van der Waals surface area contributed by atoms with Crippen LogP contribution in [0, 0.1) is 18.3 Å². The van der Waals surface area contributed by atoms with Crippen LogP contribution in [0.25, 0.3) is 0 Å². The number of halogens is 4. The molecule has 10 heteroatoms. The molecule has 0 aliphatic carbocycles. The summed E-state index contributed by atoms with van der Waals surface area (Å²) >= 11 is 7.18. The van der Waals surface area contributed by atoms with Gasteiger partial charge in [0.05, 0.1) is 10.8 Å². The summed E-state index contributed by atoms with van der Waals surface area (Å²) in [5.41, 5.74) is 1.89. The van der Waals surface area contributed by atoms with Crippen LogP contribution in [0.3, 0.4) is 0 Å². The number of carbonyl (C=O) groups is 2. The van der Waals surface area contributed by atoms with E-state index in [4.69, 9.17) is 11.6 Å². The second-order valence-corrected chi connectivity index (χ2v) is 11.2.